The summed E-state index contributed by atoms with van der Waals surface area (Å²) in [6, 6.07) is -0.141. The van der Waals surface area contributed by atoms with E-state index >= 15 is 0 Å². The minimum Gasteiger partial charge on any atom is -0.368 e. The maximum absolute atomic E-state index is 11.4. The standard InChI is InChI=1S/C13H27N3O/c1-16(2)9-8-15-12(13(14)17)10-11-6-4-3-5-7-11/h11-12,15H,3-10H2,1-2H3,(H2,14,17). The third kappa shape index (κ3) is 6.03. The first-order chi connectivity index (χ1) is 8.09. The Morgan fingerprint density at radius 1 is 1.35 bits per heavy atom. The van der Waals surface area contributed by atoms with E-state index in [4.69, 9.17) is 5.73 Å². The Labute approximate surface area is 105 Å². The molecule has 4 heteroatoms. The van der Waals surface area contributed by atoms with Crippen molar-refractivity contribution in [3.63, 3.8) is 0 Å². The zero-order valence-corrected chi connectivity index (χ0v) is 11.2. The first-order valence-corrected chi connectivity index (χ1v) is 6.77. The molecule has 1 rings (SSSR count). The molecule has 0 radical (unpaired) electrons. The largest absolute Gasteiger partial charge is 0.368 e. The average Bonchev–Trinajstić information content (AvgIpc) is 2.28. The molecule has 100 valence electrons. The van der Waals surface area contributed by atoms with Crippen molar-refractivity contribution >= 4 is 5.91 Å². The van der Waals surface area contributed by atoms with Crippen molar-refractivity contribution in [2.75, 3.05) is 27.2 Å². The van der Waals surface area contributed by atoms with Crippen molar-refractivity contribution in [3.8, 4) is 0 Å². The van der Waals surface area contributed by atoms with Crippen molar-refractivity contribution in [1.29, 1.82) is 0 Å². The maximum atomic E-state index is 11.4. The monoisotopic (exact) mass is 241 g/mol. The van der Waals surface area contributed by atoms with Gasteiger partial charge in [-0.05, 0) is 26.4 Å². The Bertz CT molecular complexity index is 225. The van der Waals surface area contributed by atoms with Crippen LogP contribution in [0.25, 0.3) is 0 Å². The summed E-state index contributed by atoms with van der Waals surface area (Å²) in [5.41, 5.74) is 5.46. The second-order valence-electron chi connectivity index (χ2n) is 5.45. The lowest BCUT2D eigenvalue weighted by Gasteiger charge is -2.26. The lowest BCUT2D eigenvalue weighted by atomic mass is 9.84. The van der Waals surface area contributed by atoms with E-state index in [1.165, 1.54) is 32.1 Å². The summed E-state index contributed by atoms with van der Waals surface area (Å²) >= 11 is 0. The number of hydrogen-bond acceptors (Lipinski definition) is 3. The highest BCUT2D eigenvalue weighted by atomic mass is 16.1. The number of rotatable bonds is 7. The SMILES string of the molecule is CN(C)CCNC(CC1CCCCC1)C(N)=O. The van der Waals surface area contributed by atoms with E-state index in [1.807, 2.05) is 14.1 Å². The van der Waals surface area contributed by atoms with Gasteiger partial charge in [0.15, 0.2) is 0 Å². The molecule has 0 bridgehead atoms. The zero-order chi connectivity index (χ0) is 12.7. The van der Waals surface area contributed by atoms with Crippen LogP contribution >= 0.6 is 0 Å². The average molecular weight is 241 g/mol. The molecular formula is C13H27N3O. The second-order valence-corrected chi connectivity index (χ2v) is 5.45. The van der Waals surface area contributed by atoms with Crippen LogP contribution in [0.15, 0.2) is 0 Å². The molecule has 0 aliphatic heterocycles. The summed E-state index contributed by atoms with van der Waals surface area (Å²) in [5, 5.41) is 3.28. The molecule has 1 aliphatic carbocycles. The topological polar surface area (TPSA) is 58.4 Å². The molecule has 1 fully saturated rings. The minimum absolute atomic E-state index is 0.141. The summed E-state index contributed by atoms with van der Waals surface area (Å²) in [7, 11) is 4.06. The van der Waals surface area contributed by atoms with Crippen LogP contribution in [0.4, 0.5) is 0 Å². The number of nitrogens with two attached hydrogens (primary N) is 1. The first kappa shape index (κ1) is 14.5. The number of hydrogen-bond donors (Lipinski definition) is 2. The molecule has 4 nitrogen and oxygen atoms in total. The van der Waals surface area contributed by atoms with Crippen LogP contribution in [-0.4, -0.2) is 44.0 Å². The molecule has 1 unspecified atom stereocenters. The molecule has 0 aromatic carbocycles. The molecule has 0 aromatic heterocycles. The number of carbonyl (C=O) groups is 1. The predicted octanol–water partition coefficient (Wildman–Crippen LogP) is 0.962. The van der Waals surface area contributed by atoms with E-state index in [2.05, 4.69) is 10.2 Å². The molecule has 0 spiro atoms. The summed E-state index contributed by atoms with van der Waals surface area (Å²) in [5.74, 6) is 0.488. The van der Waals surface area contributed by atoms with E-state index in [-0.39, 0.29) is 11.9 Å². The van der Waals surface area contributed by atoms with Crippen LogP contribution in [0.1, 0.15) is 38.5 Å². The van der Waals surface area contributed by atoms with Gasteiger partial charge in [0.05, 0.1) is 6.04 Å². The summed E-state index contributed by atoms with van der Waals surface area (Å²) < 4.78 is 0. The van der Waals surface area contributed by atoms with Crippen molar-refractivity contribution in [2.45, 2.75) is 44.6 Å². The van der Waals surface area contributed by atoms with Gasteiger partial charge < -0.3 is 16.0 Å². The van der Waals surface area contributed by atoms with Crippen molar-refractivity contribution in [3.05, 3.63) is 0 Å². The summed E-state index contributed by atoms with van der Waals surface area (Å²) in [6.45, 7) is 1.77. The third-order valence-corrected chi connectivity index (χ3v) is 3.59. The van der Waals surface area contributed by atoms with E-state index in [0.717, 1.165) is 19.5 Å². The Morgan fingerprint density at radius 3 is 2.53 bits per heavy atom. The number of likely N-dealkylation sites (N-methyl/N-ethyl adjacent to an activating group) is 1. The highest BCUT2D eigenvalue weighted by molar-refractivity contribution is 5.79. The number of nitrogens with zero attached hydrogens (tertiary/aromatic N) is 1. The number of amides is 1. The van der Waals surface area contributed by atoms with Gasteiger partial charge in [-0.3, -0.25) is 4.79 Å². The van der Waals surface area contributed by atoms with Gasteiger partial charge in [0.25, 0.3) is 0 Å². The Morgan fingerprint density at radius 2 is 2.00 bits per heavy atom. The van der Waals surface area contributed by atoms with Crippen LogP contribution in [0.5, 0.6) is 0 Å². The second kappa shape index (κ2) is 7.67. The molecule has 3 N–H and O–H groups in total. The molecule has 1 saturated carbocycles. The normalized spacial score (nSPS) is 19.5. The van der Waals surface area contributed by atoms with Gasteiger partial charge in [-0.1, -0.05) is 32.1 Å². The number of primary amides is 1. The zero-order valence-electron chi connectivity index (χ0n) is 11.2. The van der Waals surface area contributed by atoms with Gasteiger partial charge in [0, 0.05) is 13.1 Å². The number of nitrogens with one attached hydrogen (secondary N) is 1. The molecule has 17 heavy (non-hydrogen) atoms. The molecule has 1 atom stereocenters. The lowest BCUT2D eigenvalue weighted by molar-refractivity contribution is -0.120. The van der Waals surface area contributed by atoms with Gasteiger partial charge in [-0.15, -0.1) is 0 Å². The fourth-order valence-electron chi connectivity index (χ4n) is 2.52. The van der Waals surface area contributed by atoms with Gasteiger partial charge in [-0.2, -0.15) is 0 Å². The fourth-order valence-corrected chi connectivity index (χ4v) is 2.52. The van der Waals surface area contributed by atoms with E-state index in [9.17, 15) is 4.79 Å². The maximum Gasteiger partial charge on any atom is 0.234 e. The van der Waals surface area contributed by atoms with Crippen LogP contribution in [0.3, 0.4) is 0 Å². The number of carbonyl (C=O) groups excluding carboxylic acids is 1. The molecule has 0 aromatic rings. The van der Waals surface area contributed by atoms with Crippen LogP contribution in [-0.2, 0) is 4.79 Å². The lowest BCUT2D eigenvalue weighted by Crippen LogP contribution is -2.45. The van der Waals surface area contributed by atoms with Crippen LogP contribution in [0.2, 0.25) is 0 Å². The highest BCUT2D eigenvalue weighted by Gasteiger charge is 2.21. The third-order valence-electron chi connectivity index (χ3n) is 3.59. The van der Waals surface area contributed by atoms with Crippen LogP contribution in [0, 0.1) is 5.92 Å². The minimum atomic E-state index is -0.200. The quantitative estimate of drug-likeness (QED) is 0.698. The van der Waals surface area contributed by atoms with Gasteiger partial charge >= 0.3 is 0 Å². The summed E-state index contributed by atoms with van der Waals surface area (Å²) in [6.07, 6.45) is 7.43. The van der Waals surface area contributed by atoms with Crippen molar-refractivity contribution < 1.29 is 4.79 Å². The Balaban J connectivity index is 2.29. The smallest absolute Gasteiger partial charge is 0.234 e. The van der Waals surface area contributed by atoms with Gasteiger partial charge in [-0.25, -0.2) is 0 Å². The van der Waals surface area contributed by atoms with E-state index in [1.54, 1.807) is 0 Å². The molecular weight excluding hydrogens is 214 g/mol. The predicted molar refractivity (Wildman–Crippen MR) is 70.7 cm³/mol. The van der Waals surface area contributed by atoms with E-state index in [0.29, 0.717) is 5.92 Å². The Kier molecular flexibility index (Phi) is 6.52. The molecule has 0 saturated heterocycles. The van der Waals surface area contributed by atoms with E-state index < -0.39 is 0 Å². The van der Waals surface area contributed by atoms with Gasteiger partial charge in [0.2, 0.25) is 5.91 Å². The van der Waals surface area contributed by atoms with Crippen molar-refractivity contribution in [2.24, 2.45) is 11.7 Å². The summed E-state index contributed by atoms with van der Waals surface area (Å²) in [4.78, 5) is 13.5. The van der Waals surface area contributed by atoms with Crippen molar-refractivity contribution in [1.82, 2.24) is 10.2 Å². The fraction of sp³-hybridized carbons (Fsp3) is 0.923. The van der Waals surface area contributed by atoms with Gasteiger partial charge in [0.1, 0.15) is 0 Å². The van der Waals surface area contributed by atoms with Crippen LogP contribution < -0.4 is 11.1 Å². The molecule has 0 heterocycles. The highest BCUT2D eigenvalue weighted by Crippen LogP contribution is 2.27. The molecule has 1 aliphatic rings. The molecule has 1 amide bonds. The Hall–Kier alpha value is -0.610. The first-order valence-electron chi connectivity index (χ1n) is 6.77.